The smallest absolute Gasteiger partial charge is 0.258 e. The Morgan fingerprint density at radius 2 is 2.00 bits per heavy atom. The molecule has 9 heteroatoms. The molecule has 9 nitrogen and oxygen atoms in total. The van der Waals surface area contributed by atoms with Gasteiger partial charge in [-0.3, -0.25) is 4.79 Å². The molecule has 0 unspecified atom stereocenters. The number of nitrogen functional groups attached to an aromatic ring is 1. The van der Waals surface area contributed by atoms with E-state index in [1.165, 1.54) is 0 Å². The Kier molecular flexibility index (Phi) is 5.29. The van der Waals surface area contributed by atoms with E-state index in [0.29, 0.717) is 35.4 Å². The Morgan fingerprint density at radius 1 is 1.19 bits per heavy atom. The van der Waals surface area contributed by atoms with Crippen molar-refractivity contribution < 1.29 is 13.8 Å². The maximum absolute atomic E-state index is 12.3. The number of carbonyl (C=O) groups excluding carboxylic acids is 1. The minimum atomic E-state index is -0.146. The maximum Gasteiger partial charge on any atom is 0.258 e. The first-order valence-electron chi connectivity index (χ1n) is 10.5. The highest BCUT2D eigenvalue weighted by Gasteiger charge is 2.26. The summed E-state index contributed by atoms with van der Waals surface area (Å²) in [7, 11) is 0. The lowest BCUT2D eigenvalue weighted by atomic mass is 10.2. The summed E-state index contributed by atoms with van der Waals surface area (Å²) in [4.78, 5) is 31.2. The number of nitrogens with zero attached hydrogens (tertiary/aromatic N) is 4. The summed E-state index contributed by atoms with van der Waals surface area (Å²) in [6.45, 7) is 1.37. The number of aromatic amines is 1. The zero-order chi connectivity index (χ0) is 21.9. The lowest BCUT2D eigenvalue weighted by Gasteiger charge is -2.18. The monoisotopic (exact) mass is 435 g/mol. The second-order valence-corrected chi connectivity index (χ2v) is 7.67. The fourth-order valence-corrected chi connectivity index (χ4v) is 3.80. The van der Waals surface area contributed by atoms with Crippen LogP contribution in [0.1, 0.15) is 10.7 Å². The van der Waals surface area contributed by atoms with Crippen LogP contribution in [0.4, 0.5) is 11.6 Å². The van der Waals surface area contributed by atoms with Crippen LogP contribution in [0.2, 0.25) is 0 Å². The topological polar surface area (TPSA) is 122 Å². The van der Waals surface area contributed by atoms with Gasteiger partial charge >= 0.3 is 0 Å². The van der Waals surface area contributed by atoms with Gasteiger partial charge in [0.1, 0.15) is 11.6 Å². The molecule has 1 saturated heterocycles. The minimum Gasteiger partial charge on any atom is -0.484 e. The molecule has 32 heavy (non-hydrogen) atoms. The number of hydrogen-bond acceptors (Lipinski definition) is 7. The SMILES string of the molecule is Nc1ncc(N2CC[C@H](NC(=O)COc3ccccc3)C2)nc1-c1nc2ccccc2[nH]1.[HH].[HH].[HH]. The summed E-state index contributed by atoms with van der Waals surface area (Å²) in [5.74, 6) is 2.13. The Balaban J connectivity index is 0.00000144. The van der Waals surface area contributed by atoms with Gasteiger partial charge in [-0.1, -0.05) is 30.3 Å². The van der Waals surface area contributed by atoms with Crippen LogP contribution in [0.3, 0.4) is 0 Å². The molecule has 4 N–H and O–H groups in total. The highest BCUT2D eigenvalue weighted by atomic mass is 16.5. The number of carbonyl (C=O) groups is 1. The standard InChI is InChI=1S/C23H23N7O2.3H2/c24-22-21(23-27-17-8-4-5-9-18(17)28-23)29-19(12-25-22)30-11-10-15(13-30)26-20(31)14-32-16-6-2-1-3-7-16;;;/h1-9,12,15H,10-11,13-14H2,(H2,24,25)(H,26,31)(H,27,28);3*1H/t15-;;;/m0.../s1. The number of para-hydroxylation sites is 3. The predicted molar refractivity (Wildman–Crippen MR) is 129 cm³/mol. The van der Waals surface area contributed by atoms with E-state index in [4.69, 9.17) is 15.5 Å². The van der Waals surface area contributed by atoms with E-state index in [0.717, 1.165) is 24.0 Å². The van der Waals surface area contributed by atoms with Crippen LogP contribution in [0.15, 0.2) is 60.8 Å². The summed E-state index contributed by atoms with van der Waals surface area (Å²) >= 11 is 0. The lowest BCUT2D eigenvalue weighted by Crippen LogP contribution is -2.39. The zero-order valence-corrected chi connectivity index (χ0v) is 17.4. The predicted octanol–water partition coefficient (Wildman–Crippen LogP) is 3.11. The molecule has 0 bridgehead atoms. The fraction of sp³-hybridized carbons (Fsp3) is 0.217. The Hall–Kier alpha value is -4.14. The summed E-state index contributed by atoms with van der Waals surface area (Å²) in [6, 6.07) is 17.1. The van der Waals surface area contributed by atoms with E-state index in [9.17, 15) is 4.79 Å². The quantitative estimate of drug-likeness (QED) is 0.425. The molecule has 3 heterocycles. The average Bonchev–Trinajstić information content (AvgIpc) is 3.46. The van der Waals surface area contributed by atoms with Crippen LogP contribution in [0.25, 0.3) is 22.6 Å². The molecule has 168 valence electrons. The van der Waals surface area contributed by atoms with Crippen molar-refractivity contribution in [3.05, 3.63) is 60.8 Å². The van der Waals surface area contributed by atoms with Crippen LogP contribution in [-0.4, -0.2) is 51.6 Å². The van der Waals surface area contributed by atoms with Gasteiger partial charge in [0.15, 0.2) is 23.9 Å². The van der Waals surface area contributed by atoms with Gasteiger partial charge in [0, 0.05) is 23.4 Å². The summed E-state index contributed by atoms with van der Waals surface area (Å²) in [6.07, 6.45) is 2.47. The van der Waals surface area contributed by atoms with Gasteiger partial charge in [-0.25, -0.2) is 15.0 Å². The van der Waals surface area contributed by atoms with Gasteiger partial charge < -0.3 is 25.7 Å². The van der Waals surface area contributed by atoms with Crippen molar-refractivity contribution in [2.45, 2.75) is 12.5 Å². The summed E-state index contributed by atoms with van der Waals surface area (Å²) in [5, 5.41) is 3.03. The molecule has 1 atom stereocenters. The van der Waals surface area contributed by atoms with Crippen molar-refractivity contribution in [1.29, 1.82) is 0 Å². The number of imidazole rings is 1. The number of amides is 1. The Labute approximate surface area is 189 Å². The summed E-state index contributed by atoms with van der Waals surface area (Å²) in [5.41, 5.74) is 8.37. The van der Waals surface area contributed by atoms with E-state index in [1.54, 1.807) is 6.20 Å². The van der Waals surface area contributed by atoms with Crippen LogP contribution < -0.4 is 20.7 Å². The highest BCUT2D eigenvalue weighted by molar-refractivity contribution is 5.80. The molecule has 2 aromatic heterocycles. The number of benzene rings is 2. The first-order chi connectivity index (χ1) is 15.7. The highest BCUT2D eigenvalue weighted by Crippen LogP contribution is 2.26. The van der Waals surface area contributed by atoms with Crippen LogP contribution >= 0.6 is 0 Å². The largest absolute Gasteiger partial charge is 0.484 e. The van der Waals surface area contributed by atoms with Crippen molar-refractivity contribution >= 4 is 28.6 Å². The van der Waals surface area contributed by atoms with Gasteiger partial charge in [-0.2, -0.15) is 0 Å². The van der Waals surface area contributed by atoms with Gasteiger partial charge in [0.2, 0.25) is 0 Å². The Morgan fingerprint density at radius 3 is 2.84 bits per heavy atom. The molecule has 0 aliphatic carbocycles. The van der Waals surface area contributed by atoms with Crippen LogP contribution in [-0.2, 0) is 4.79 Å². The van der Waals surface area contributed by atoms with Gasteiger partial charge in [-0.05, 0) is 30.7 Å². The second kappa shape index (κ2) is 8.54. The molecule has 0 saturated carbocycles. The van der Waals surface area contributed by atoms with E-state index in [2.05, 4.69) is 25.2 Å². The molecule has 1 fully saturated rings. The number of H-pyrrole nitrogens is 1. The maximum atomic E-state index is 12.3. The third-order valence-corrected chi connectivity index (χ3v) is 5.39. The lowest BCUT2D eigenvalue weighted by molar-refractivity contribution is -0.123. The van der Waals surface area contributed by atoms with Crippen LogP contribution in [0, 0.1) is 0 Å². The molecule has 4 aromatic rings. The number of nitrogens with one attached hydrogen (secondary N) is 2. The molecule has 0 radical (unpaired) electrons. The molecular weight excluding hydrogens is 406 g/mol. The first-order valence-corrected chi connectivity index (χ1v) is 10.5. The van der Waals surface area contributed by atoms with Crippen molar-refractivity contribution in [2.75, 3.05) is 30.3 Å². The van der Waals surface area contributed by atoms with E-state index >= 15 is 0 Å². The molecule has 1 aliphatic heterocycles. The van der Waals surface area contributed by atoms with Gasteiger partial charge in [-0.15, -0.1) is 0 Å². The number of anilines is 2. The average molecular weight is 436 g/mol. The zero-order valence-electron chi connectivity index (χ0n) is 17.4. The number of aromatic nitrogens is 4. The fourth-order valence-electron chi connectivity index (χ4n) is 3.80. The van der Waals surface area contributed by atoms with E-state index in [-0.39, 0.29) is 22.8 Å². The van der Waals surface area contributed by atoms with E-state index in [1.807, 2.05) is 54.6 Å². The number of nitrogens with two attached hydrogens (primary N) is 1. The van der Waals surface area contributed by atoms with Gasteiger partial charge in [0.05, 0.1) is 17.2 Å². The minimum absolute atomic E-state index is 0. The molecule has 5 rings (SSSR count). The van der Waals surface area contributed by atoms with Crippen molar-refractivity contribution in [3.8, 4) is 17.3 Å². The molecule has 0 spiro atoms. The molecule has 1 aliphatic rings. The number of ether oxygens (including phenoxy) is 1. The number of hydrogen-bond donors (Lipinski definition) is 3. The third kappa shape index (κ3) is 4.18. The number of rotatable bonds is 6. The van der Waals surface area contributed by atoms with Gasteiger partial charge in [0.25, 0.3) is 5.91 Å². The molecular formula is C23H29N7O2. The first kappa shape index (κ1) is 19.8. The Bertz CT molecular complexity index is 1220. The molecule has 1 amide bonds. The van der Waals surface area contributed by atoms with Crippen molar-refractivity contribution in [3.63, 3.8) is 0 Å². The van der Waals surface area contributed by atoms with Crippen molar-refractivity contribution in [2.24, 2.45) is 0 Å². The second-order valence-electron chi connectivity index (χ2n) is 7.67. The summed E-state index contributed by atoms with van der Waals surface area (Å²) < 4.78 is 5.52. The third-order valence-electron chi connectivity index (χ3n) is 5.39. The molecule has 2 aromatic carbocycles. The number of fused-ring (bicyclic) bond motifs is 1. The normalized spacial score (nSPS) is 15.8. The van der Waals surface area contributed by atoms with Crippen LogP contribution in [0.5, 0.6) is 5.75 Å². The van der Waals surface area contributed by atoms with E-state index < -0.39 is 0 Å². The van der Waals surface area contributed by atoms with Crippen molar-refractivity contribution in [1.82, 2.24) is 25.3 Å².